The van der Waals surface area contributed by atoms with E-state index >= 15 is 0 Å². The fourth-order valence-corrected chi connectivity index (χ4v) is 2.41. The van der Waals surface area contributed by atoms with E-state index in [4.69, 9.17) is 21.4 Å². The molecule has 0 bridgehead atoms. The van der Waals surface area contributed by atoms with Crippen molar-refractivity contribution in [1.29, 1.82) is 0 Å². The fraction of sp³-hybridized carbons (Fsp3) is 0.429. The summed E-state index contributed by atoms with van der Waals surface area (Å²) >= 11 is 5.99. The molecule has 0 saturated carbocycles. The van der Waals surface area contributed by atoms with Gasteiger partial charge in [0.2, 0.25) is 0 Å². The van der Waals surface area contributed by atoms with E-state index < -0.39 is 11.5 Å². The van der Waals surface area contributed by atoms with Crippen molar-refractivity contribution in [2.75, 3.05) is 13.2 Å². The molecule has 1 unspecified atom stereocenters. The van der Waals surface area contributed by atoms with Crippen molar-refractivity contribution in [2.24, 2.45) is 0 Å². The molecule has 1 saturated heterocycles. The van der Waals surface area contributed by atoms with E-state index in [2.05, 4.69) is 5.32 Å². The molecule has 5 nitrogen and oxygen atoms in total. The Morgan fingerprint density at radius 1 is 1.50 bits per heavy atom. The van der Waals surface area contributed by atoms with Gasteiger partial charge in [0.05, 0.1) is 18.6 Å². The number of aliphatic carboxylic acids is 1. The molecular weight excluding hydrogens is 282 g/mol. The normalized spacial score (nSPS) is 21.7. The molecule has 108 valence electrons. The van der Waals surface area contributed by atoms with Crippen molar-refractivity contribution in [2.45, 2.75) is 25.3 Å². The topological polar surface area (TPSA) is 75.6 Å². The molecule has 2 rings (SSSR count). The van der Waals surface area contributed by atoms with Crippen molar-refractivity contribution in [3.63, 3.8) is 0 Å². The van der Waals surface area contributed by atoms with Gasteiger partial charge in [0.15, 0.2) is 0 Å². The summed E-state index contributed by atoms with van der Waals surface area (Å²) in [4.78, 5) is 23.2. The first-order chi connectivity index (χ1) is 9.42. The van der Waals surface area contributed by atoms with Crippen LogP contribution in [0.5, 0.6) is 0 Å². The third-order valence-corrected chi connectivity index (χ3v) is 3.81. The number of amides is 1. The number of carboxylic acids is 1. The van der Waals surface area contributed by atoms with E-state index in [1.54, 1.807) is 18.2 Å². The number of hydrogen-bond acceptors (Lipinski definition) is 3. The molecule has 1 fully saturated rings. The van der Waals surface area contributed by atoms with Crippen LogP contribution in [0.25, 0.3) is 0 Å². The molecule has 0 aliphatic carbocycles. The first-order valence-corrected chi connectivity index (χ1v) is 6.68. The summed E-state index contributed by atoms with van der Waals surface area (Å²) in [5, 5.41) is 12.3. The van der Waals surface area contributed by atoms with Gasteiger partial charge in [0.25, 0.3) is 5.91 Å². The highest BCUT2D eigenvalue weighted by Gasteiger charge is 2.38. The number of ether oxygens (including phenoxy) is 1. The zero-order chi connectivity index (χ0) is 14.8. The monoisotopic (exact) mass is 297 g/mol. The smallest absolute Gasteiger partial charge is 0.305 e. The van der Waals surface area contributed by atoms with Crippen molar-refractivity contribution < 1.29 is 19.4 Å². The predicted molar refractivity (Wildman–Crippen MR) is 74.1 cm³/mol. The summed E-state index contributed by atoms with van der Waals surface area (Å²) in [6, 6.07) is 5.00. The number of carbonyl (C=O) groups is 2. The van der Waals surface area contributed by atoms with Gasteiger partial charge in [-0.05, 0) is 31.0 Å². The average Bonchev–Trinajstić information content (AvgIpc) is 2.79. The Morgan fingerprint density at radius 2 is 2.25 bits per heavy atom. The van der Waals surface area contributed by atoms with Crippen LogP contribution in [0, 0.1) is 6.92 Å². The highest BCUT2D eigenvalue weighted by molar-refractivity contribution is 6.31. The van der Waals surface area contributed by atoms with Crippen LogP contribution < -0.4 is 5.32 Å². The van der Waals surface area contributed by atoms with Gasteiger partial charge >= 0.3 is 5.97 Å². The van der Waals surface area contributed by atoms with E-state index in [0.717, 1.165) is 5.56 Å². The van der Waals surface area contributed by atoms with Crippen LogP contribution in [0.3, 0.4) is 0 Å². The van der Waals surface area contributed by atoms with E-state index in [0.29, 0.717) is 23.6 Å². The maximum Gasteiger partial charge on any atom is 0.305 e. The average molecular weight is 298 g/mol. The summed E-state index contributed by atoms with van der Waals surface area (Å²) < 4.78 is 5.24. The van der Waals surface area contributed by atoms with Crippen molar-refractivity contribution >= 4 is 23.5 Å². The number of hydrogen-bond donors (Lipinski definition) is 2. The highest BCUT2D eigenvalue weighted by Crippen LogP contribution is 2.24. The maximum absolute atomic E-state index is 12.2. The minimum Gasteiger partial charge on any atom is -0.481 e. The standard InChI is InChI=1S/C14H16ClNO4/c1-9-2-3-10(6-11(9)15)13(19)16-14(7-12(17)18)4-5-20-8-14/h2-3,6H,4-5,7-8H2,1H3,(H,16,19)(H,17,18). The summed E-state index contributed by atoms with van der Waals surface area (Å²) in [6.45, 7) is 2.51. The number of carboxylic acid groups (broad SMARTS) is 1. The van der Waals surface area contributed by atoms with E-state index in [1.807, 2.05) is 6.92 Å². The lowest BCUT2D eigenvalue weighted by molar-refractivity contribution is -0.138. The lowest BCUT2D eigenvalue weighted by atomic mass is 9.93. The van der Waals surface area contributed by atoms with Gasteiger partial charge in [0.1, 0.15) is 0 Å². The molecule has 20 heavy (non-hydrogen) atoms. The fourth-order valence-electron chi connectivity index (χ4n) is 2.23. The van der Waals surface area contributed by atoms with Crippen LogP contribution in [0.4, 0.5) is 0 Å². The third kappa shape index (κ3) is 3.29. The number of rotatable bonds is 4. The van der Waals surface area contributed by atoms with E-state index in [1.165, 1.54) is 0 Å². The first kappa shape index (κ1) is 14.8. The molecule has 1 amide bonds. The zero-order valence-electron chi connectivity index (χ0n) is 11.1. The molecule has 0 aromatic heterocycles. The molecule has 1 atom stereocenters. The van der Waals surface area contributed by atoms with Gasteiger partial charge in [0, 0.05) is 17.2 Å². The summed E-state index contributed by atoms with van der Waals surface area (Å²) in [5.74, 6) is -1.30. The minimum absolute atomic E-state index is 0.154. The Labute approximate surface area is 121 Å². The second-order valence-electron chi connectivity index (χ2n) is 5.07. The van der Waals surface area contributed by atoms with Crippen molar-refractivity contribution in [3.8, 4) is 0 Å². The van der Waals surface area contributed by atoms with Crippen LogP contribution in [0.15, 0.2) is 18.2 Å². The van der Waals surface area contributed by atoms with Crippen molar-refractivity contribution in [1.82, 2.24) is 5.32 Å². The Kier molecular flexibility index (Phi) is 4.30. The van der Waals surface area contributed by atoms with Crippen molar-refractivity contribution in [3.05, 3.63) is 34.3 Å². The van der Waals surface area contributed by atoms with Crippen LogP contribution in [0.2, 0.25) is 5.02 Å². The molecular formula is C14H16ClNO4. The number of halogens is 1. The Balaban J connectivity index is 2.16. The molecule has 1 heterocycles. The number of benzene rings is 1. The third-order valence-electron chi connectivity index (χ3n) is 3.41. The number of aryl methyl sites for hydroxylation is 1. The Morgan fingerprint density at radius 3 is 2.80 bits per heavy atom. The molecule has 1 aromatic carbocycles. The minimum atomic E-state index is -0.960. The molecule has 2 N–H and O–H groups in total. The zero-order valence-corrected chi connectivity index (χ0v) is 11.9. The van der Waals surface area contributed by atoms with Gasteiger partial charge in [-0.3, -0.25) is 9.59 Å². The van der Waals surface area contributed by atoms with Gasteiger partial charge < -0.3 is 15.2 Å². The van der Waals surface area contributed by atoms with E-state index in [-0.39, 0.29) is 18.9 Å². The first-order valence-electron chi connectivity index (χ1n) is 6.30. The molecule has 0 spiro atoms. The van der Waals surface area contributed by atoms with Crippen LogP contribution in [-0.4, -0.2) is 35.7 Å². The van der Waals surface area contributed by atoms with Gasteiger partial charge in [-0.2, -0.15) is 0 Å². The quantitative estimate of drug-likeness (QED) is 0.891. The second-order valence-corrected chi connectivity index (χ2v) is 5.48. The molecule has 0 radical (unpaired) electrons. The van der Waals surface area contributed by atoms with Gasteiger partial charge in [-0.1, -0.05) is 17.7 Å². The Bertz CT molecular complexity index is 538. The number of carbonyl (C=O) groups excluding carboxylic acids is 1. The Hall–Kier alpha value is -1.59. The summed E-state index contributed by atoms with van der Waals surface area (Å²) in [6.07, 6.45) is 0.336. The lowest BCUT2D eigenvalue weighted by Gasteiger charge is -2.27. The SMILES string of the molecule is Cc1ccc(C(=O)NC2(CC(=O)O)CCOC2)cc1Cl. The molecule has 1 aliphatic rings. The maximum atomic E-state index is 12.2. The molecule has 1 aromatic rings. The number of nitrogens with one attached hydrogen (secondary N) is 1. The van der Waals surface area contributed by atoms with Crippen LogP contribution in [0.1, 0.15) is 28.8 Å². The lowest BCUT2D eigenvalue weighted by Crippen LogP contribution is -2.50. The summed E-state index contributed by atoms with van der Waals surface area (Å²) in [7, 11) is 0. The van der Waals surface area contributed by atoms with Gasteiger partial charge in [-0.15, -0.1) is 0 Å². The predicted octanol–water partition coefficient (Wildman–Crippen LogP) is 2.01. The van der Waals surface area contributed by atoms with Crippen LogP contribution >= 0.6 is 11.6 Å². The molecule has 1 aliphatic heterocycles. The van der Waals surface area contributed by atoms with Crippen LogP contribution in [-0.2, 0) is 9.53 Å². The molecule has 6 heteroatoms. The largest absolute Gasteiger partial charge is 0.481 e. The summed E-state index contributed by atoms with van der Waals surface area (Å²) in [5.41, 5.74) is 0.463. The highest BCUT2D eigenvalue weighted by atomic mass is 35.5. The van der Waals surface area contributed by atoms with E-state index in [9.17, 15) is 9.59 Å². The van der Waals surface area contributed by atoms with Gasteiger partial charge in [-0.25, -0.2) is 0 Å². The second kappa shape index (κ2) is 5.81.